The molecule has 0 aromatic rings. The SMILES string of the molecule is C.C.C.CCC(C)(C)C[SiH3]. The molecule has 0 saturated heterocycles. The molecule has 0 aliphatic rings. The fourth-order valence-electron chi connectivity index (χ4n) is 0.250. The van der Waals surface area contributed by atoms with Gasteiger partial charge >= 0.3 is 0 Å². The van der Waals surface area contributed by atoms with E-state index in [9.17, 15) is 0 Å². The summed E-state index contributed by atoms with van der Waals surface area (Å²) in [5.41, 5.74) is 0.645. The summed E-state index contributed by atoms with van der Waals surface area (Å²) in [4.78, 5) is 0. The first kappa shape index (κ1) is 22.5. The van der Waals surface area contributed by atoms with E-state index >= 15 is 0 Å². The van der Waals surface area contributed by atoms with Crippen LogP contribution in [0.4, 0.5) is 0 Å². The summed E-state index contributed by atoms with van der Waals surface area (Å²) in [5, 5.41) is 0. The highest BCUT2D eigenvalue weighted by Gasteiger charge is 2.09. The van der Waals surface area contributed by atoms with E-state index in [2.05, 4.69) is 20.8 Å². The van der Waals surface area contributed by atoms with Crippen LogP contribution in [0, 0.1) is 5.41 Å². The summed E-state index contributed by atoms with van der Waals surface area (Å²) in [6.45, 7) is 6.93. The van der Waals surface area contributed by atoms with Crippen LogP contribution < -0.4 is 0 Å². The Labute approximate surface area is 71.8 Å². The molecule has 0 unspecified atom stereocenters. The zero-order chi connectivity index (χ0) is 5.91. The highest BCUT2D eigenvalue weighted by Crippen LogP contribution is 2.22. The molecule has 0 atom stereocenters. The van der Waals surface area contributed by atoms with Crippen LogP contribution in [0.2, 0.25) is 6.04 Å². The van der Waals surface area contributed by atoms with Gasteiger partial charge in [-0.25, -0.2) is 0 Å². The Morgan fingerprint density at radius 1 is 1.10 bits per heavy atom. The minimum Gasteiger partial charge on any atom is -0.0776 e. The van der Waals surface area contributed by atoms with E-state index in [1.165, 1.54) is 22.7 Å². The van der Waals surface area contributed by atoms with Crippen molar-refractivity contribution in [1.82, 2.24) is 0 Å². The molecule has 0 aromatic heterocycles. The third kappa shape index (κ3) is 11.1. The fraction of sp³-hybridized carbons (Fsp3) is 1.00. The van der Waals surface area contributed by atoms with E-state index in [1.807, 2.05) is 0 Å². The molecular formula is C9H28Si. The van der Waals surface area contributed by atoms with Crippen LogP contribution in [0.5, 0.6) is 0 Å². The summed E-state index contributed by atoms with van der Waals surface area (Å²) >= 11 is 0. The topological polar surface area (TPSA) is 0 Å². The molecule has 0 aliphatic carbocycles. The van der Waals surface area contributed by atoms with Crippen molar-refractivity contribution < 1.29 is 0 Å². The average molecular weight is 164 g/mol. The third-order valence-electron chi connectivity index (χ3n) is 1.91. The molecule has 1 heteroatoms. The molecule has 0 nitrogen and oxygen atoms in total. The maximum absolute atomic E-state index is 2.33. The van der Waals surface area contributed by atoms with Crippen molar-refractivity contribution in [3.8, 4) is 0 Å². The van der Waals surface area contributed by atoms with E-state index < -0.39 is 0 Å². The Hall–Kier alpha value is 0.217. The lowest BCUT2D eigenvalue weighted by molar-refractivity contribution is 0.398. The van der Waals surface area contributed by atoms with E-state index in [1.54, 1.807) is 0 Å². The van der Waals surface area contributed by atoms with Gasteiger partial charge in [0.2, 0.25) is 0 Å². The molecular weight excluding hydrogens is 136 g/mol. The quantitative estimate of drug-likeness (QED) is 0.550. The first-order valence-corrected chi connectivity index (χ1v) is 4.54. The van der Waals surface area contributed by atoms with Gasteiger partial charge in [-0.2, -0.15) is 0 Å². The minimum absolute atomic E-state index is 0. The maximum atomic E-state index is 2.33. The van der Waals surface area contributed by atoms with E-state index in [-0.39, 0.29) is 22.3 Å². The molecule has 0 bridgehead atoms. The summed E-state index contributed by atoms with van der Waals surface area (Å²) in [6.07, 6.45) is 1.33. The van der Waals surface area contributed by atoms with Crippen molar-refractivity contribution in [2.24, 2.45) is 5.41 Å². The molecule has 0 radical (unpaired) electrons. The van der Waals surface area contributed by atoms with E-state index in [0.717, 1.165) is 0 Å². The molecule has 0 rings (SSSR count). The number of hydrogen-bond donors (Lipinski definition) is 0. The smallest absolute Gasteiger partial charge is 0.00347 e. The van der Waals surface area contributed by atoms with Crippen LogP contribution in [0.25, 0.3) is 0 Å². The van der Waals surface area contributed by atoms with Gasteiger partial charge in [-0.3, -0.25) is 0 Å². The molecule has 0 aliphatic heterocycles. The molecule has 0 saturated carbocycles. The average Bonchev–Trinajstić information content (AvgIpc) is 1.68. The van der Waals surface area contributed by atoms with Gasteiger partial charge in [-0.1, -0.05) is 55.5 Å². The molecule has 0 fully saturated rings. The molecule has 0 N–H and O–H groups in total. The van der Waals surface area contributed by atoms with E-state index in [0.29, 0.717) is 5.41 Å². The molecule has 0 amide bonds. The zero-order valence-electron chi connectivity index (χ0n) is 5.91. The minimum atomic E-state index is 0. The highest BCUT2D eigenvalue weighted by atomic mass is 28.1. The Morgan fingerprint density at radius 2 is 1.40 bits per heavy atom. The molecule has 0 spiro atoms. The van der Waals surface area contributed by atoms with Gasteiger partial charge in [0.25, 0.3) is 0 Å². The van der Waals surface area contributed by atoms with Crippen molar-refractivity contribution >= 4 is 10.2 Å². The van der Waals surface area contributed by atoms with Gasteiger partial charge in [0.05, 0.1) is 0 Å². The lowest BCUT2D eigenvalue weighted by atomic mass is 9.93. The molecule has 0 heterocycles. The number of hydrogen-bond acceptors (Lipinski definition) is 0. The first-order chi connectivity index (χ1) is 3.12. The van der Waals surface area contributed by atoms with Crippen molar-refractivity contribution in [2.45, 2.75) is 55.5 Å². The Bertz CT molecular complexity index is 42.7. The van der Waals surface area contributed by atoms with Gasteiger partial charge in [-0.05, 0) is 5.41 Å². The van der Waals surface area contributed by atoms with Crippen molar-refractivity contribution in [3.63, 3.8) is 0 Å². The molecule has 68 valence electrons. The lowest BCUT2D eigenvalue weighted by Gasteiger charge is -2.18. The van der Waals surface area contributed by atoms with Crippen molar-refractivity contribution in [3.05, 3.63) is 0 Å². The van der Waals surface area contributed by atoms with Crippen molar-refractivity contribution in [1.29, 1.82) is 0 Å². The predicted octanol–water partition coefficient (Wildman–Crippen LogP) is 3.11. The fourth-order valence-corrected chi connectivity index (χ4v) is 0.750. The zero-order valence-corrected chi connectivity index (χ0v) is 7.91. The van der Waals surface area contributed by atoms with Crippen molar-refractivity contribution in [2.75, 3.05) is 0 Å². The van der Waals surface area contributed by atoms with Gasteiger partial charge < -0.3 is 0 Å². The van der Waals surface area contributed by atoms with E-state index in [4.69, 9.17) is 0 Å². The van der Waals surface area contributed by atoms with Crippen LogP contribution in [0.1, 0.15) is 49.5 Å². The monoisotopic (exact) mass is 164 g/mol. The van der Waals surface area contributed by atoms with Gasteiger partial charge in [0.15, 0.2) is 0 Å². The second kappa shape index (κ2) is 9.22. The highest BCUT2D eigenvalue weighted by molar-refractivity contribution is 6.08. The van der Waals surface area contributed by atoms with Crippen LogP contribution in [0.3, 0.4) is 0 Å². The second-order valence-corrected chi connectivity index (χ2v) is 3.58. The molecule has 0 aromatic carbocycles. The summed E-state index contributed by atoms with van der Waals surface area (Å²) in [6, 6.07) is 1.43. The van der Waals surface area contributed by atoms with Crippen LogP contribution in [-0.4, -0.2) is 10.2 Å². The summed E-state index contributed by atoms with van der Waals surface area (Å²) in [5.74, 6) is 0. The normalized spacial score (nSPS) is 8.70. The standard InChI is InChI=1S/C6H16Si.3CH4/c1-4-6(2,3)5-7;;;/h4-5H2,1-3,7H3;3*1H4. The Balaban J connectivity index is -0.0000000600. The summed E-state index contributed by atoms with van der Waals surface area (Å²) < 4.78 is 0. The van der Waals surface area contributed by atoms with Crippen LogP contribution in [-0.2, 0) is 0 Å². The second-order valence-electron chi connectivity index (χ2n) is 2.87. The van der Waals surface area contributed by atoms with Crippen LogP contribution in [0.15, 0.2) is 0 Å². The maximum Gasteiger partial charge on any atom is 0.00347 e. The largest absolute Gasteiger partial charge is 0.0776 e. The Morgan fingerprint density at radius 3 is 1.40 bits per heavy atom. The van der Waals surface area contributed by atoms with Gasteiger partial charge in [0.1, 0.15) is 0 Å². The van der Waals surface area contributed by atoms with Crippen LogP contribution >= 0.6 is 0 Å². The first-order valence-electron chi connectivity index (χ1n) is 3.12. The lowest BCUT2D eigenvalue weighted by Crippen LogP contribution is -2.07. The third-order valence-corrected chi connectivity index (χ3v) is 3.83. The van der Waals surface area contributed by atoms with Gasteiger partial charge in [-0.15, -0.1) is 0 Å². The predicted molar refractivity (Wildman–Crippen MR) is 59.0 cm³/mol. The molecule has 10 heavy (non-hydrogen) atoms. The summed E-state index contributed by atoms with van der Waals surface area (Å²) in [7, 11) is 1.36. The Kier molecular flexibility index (Phi) is 20.7. The van der Waals surface area contributed by atoms with Gasteiger partial charge in [0, 0.05) is 10.2 Å². The number of rotatable bonds is 2.